The van der Waals surface area contributed by atoms with E-state index in [2.05, 4.69) is 12.2 Å². The molecule has 0 saturated heterocycles. The van der Waals surface area contributed by atoms with E-state index in [0.717, 1.165) is 12.1 Å². The van der Waals surface area contributed by atoms with E-state index in [1.807, 2.05) is 18.2 Å². The molecule has 1 aromatic rings. The van der Waals surface area contributed by atoms with Gasteiger partial charge in [-0.15, -0.1) is 0 Å². The largest absolute Gasteiger partial charge is 0.495 e. The minimum atomic E-state index is 0.325. The number of ether oxygens (including phenoxy) is 2. The fraction of sp³-hybridized carbons (Fsp3) is 0.500. The van der Waals surface area contributed by atoms with Crippen LogP contribution in [0.2, 0.25) is 5.02 Å². The standard InChI is InChI=1S/C12H18ClNO2/c1-9(8-15-2)14-7-10-4-5-12(16-3)11(13)6-10/h4-6,9,14H,7-8H2,1-3H3. The first-order valence-corrected chi connectivity index (χ1v) is 5.60. The van der Waals surface area contributed by atoms with Crippen LogP contribution in [0.1, 0.15) is 12.5 Å². The summed E-state index contributed by atoms with van der Waals surface area (Å²) in [5.74, 6) is 0.704. The average Bonchev–Trinajstić information content (AvgIpc) is 2.27. The molecule has 0 radical (unpaired) electrons. The third-order valence-corrected chi connectivity index (χ3v) is 2.58. The molecule has 16 heavy (non-hydrogen) atoms. The van der Waals surface area contributed by atoms with Crippen molar-refractivity contribution in [2.24, 2.45) is 0 Å². The second kappa shape index (κ2) is 6.74. The number of benzene rings is 1. The Morgan fingerprint density at radius 2 is 2.12 bits per heavy atom. The Kier molecular flexibility index (Phi) is 5.60. The molecule has 0 heterocycles. The molecule has 0 aliphatic rings. The van der Waals surface area contributed by atoms with Crippen LogP contribution in [0.4, 0.5) is 0 Å². The first-order valence-electron chi connectivity index (χ1n) is 5.22. The second-order valence-corrected chi connectivity index (χ2v) is 4.11. The smallest absolute Gasteiger partial charge is 0.137 e. The number of hydrogen-bond acceptors (Lipinski definition) is 3. The third kappa shape index (κ3) is 4.00. The molecular formula is C12H18ClNO2. The van der Waals surface area contributed by atoms with E-state index in [1.54, 1.807) is 14.2 Å². The van der Waals surface area contributed by atoms with E-state index in [9.17, 15) is 0 Å². The molecule has 0 aliphatic heterocycles. The molecule has 0 saturated carbocycles. The molecule has 0 aromatic heterocycles. The maximum Gasteiger partial charge on any atom is 0.137 e. The van der Waals surface area contributed by atoms with Crippen molar-refractivity contribution in [2.75, 3.05) is 20.8 Å². The molecule has 4 heteroatoms. The van der Waals surface area contributed by atoms with Crippen molar-refractivity contribution in [1.29, 1.82) is 0 Å². The highest BCUT2D eigenvalue weighted by molar-refractivity contribution is 6.32. The molecular weight excluding hydrogens is 226 g/mol. The molecule has 0 spiro atoms. The summed E-state index contributed by atoms with van der Waals surface area (Å²) in [5, 5.41) is 3.98. The van der Waals surface area contributed by atoms with E-state index in [-0.39, 0.29) is 0 Å². The number of methoxy groups -OCH3 is 2. The summed E-state index contributed by atoms with van der Waals surface area (Å²) in [6.45, 7) is 3.55. The number of nitrogens with one attached hydrogen (secondary N) is 1. The van der Waals surface area contributed by atoms with Crippen LogP contribution in [-0.4, -0.2) is 26.9 Å². The first kappa shape index (κ1) is 13.3. The van der Waals surface area contributed by atoms with Crippen molar-refractivity contribution >= 4 is 11.6 Å². The Balaban J connectivity index is 2.51. The molecule has 3 nitrogen and oxygen atoms in total. The Hall–Kier alpha value is -0.770. The number of hydrogen-bond donors (Lipinski definition) is 1. The Morgan fingerprint density at radius 3 is 2.69 bits per heavy atom. The summed E-state index contributed by atoms with van der Waals surface area (Å²) >= 11 is 6.03. The molecule has 1 N–H and O–H groups in total. The quantitative estimate of drug-likeness (QED) is 0.833. The molecule has 1 atom stereocenters. The molecule has 1 aromatic carbocycles. The maximum absolute atomic E-state index is 6.03. The lowest BCUT2D eigenvalue weighted by Gasteiger charge is -2.13. The van der Waals surface area contributed by atoms with E-state index in [4.69, 9.17) is 21.1 Å². The number of rotatable bonds is 6. The van der Waals surface area contributed by atoms with E-state index in [1.165, 1.54) is 0 Å². The third-order valence-electron chi connectivity index (χ3n) is 2.29. The van der Waals surface area contributed by atoms with Crippen LogP contribution in [0.3, 0.4) is 0 Å². The van der Waals surface area contributed by atoms with Crippen LogP contribution in [0, 0.1) is 0 Å². The van der Waals surface area contributed by atoms with E-state index in [0.29, 0.717) is 23.4 Å². The lowest BCUT2D eigenvalue weighted by molar-refractivity contribution is 0.171. The van der Waals surface area contributed by atoms with Crippen LogP contribution in [0.5, 0.6) is 5.75 Å². The van der Waals surface area contributed by atoms with E-state index >= 15 is 0 Å². The van der Waals surface area contributed by atoms with Gasteiger partial charge in [0.05, 0.1) is 18.7 Å². The van der Waals surface area contributed by atoms with Crippen LogP contribution in [-0.2, 0) is 11.3 Å². The van der Waals surface area contributed by atoms with Gasteiger partial charge in [-0.1, -0.05) is 17.7 Å². The Bertz CT molecular complexity index is 331. The van der Waals surface area contributed by atoms with Crippen molar-refractivity contribution in [3.63, 3.8) is 0 Å². The van der Waals surface area contributed by atoms with Gasteiger partial charge in [0, 0.05) is 19.7 Å². The summed E-state index contributed by atoms with van der Waals surface area (Å²) in [6.07, 6.45) is 0. The van der Waals surface area contributed by atoms with Gasteiger partial charge in [0.2, 0.25) is 0 Å². The summed E-state index contributed by atoms with van der Waals surface area (Å²) in [6, 6.07) is 6.11. The average molecular weight is 244 g/mol. The molecule has 0 aliphatic carbocycles. The lowest BCUT2D eigenvalue weighted by Crippen LogP contribution is -2.29. The van der Waals surface area contributed by atoms with Gasteiger partial charge in [0.1, 0.15) is 5.75 Å². The van der Waals surface area contributed by atoms with Gasteiger partial charge in [-0.25, -0.2) is 0 Å². The van der Waals surface area contributed by atoms with Crippen LogP contribution >= 0.6 is 11.6 Å². The minimum Gasteiger partial charge on any atom is -0.495 e. The molecule has 0 bridgehead atoms. The normalized spacial score (nSPS) is 12.5. The number of halogens is 1. The van der Waals surface area contributed by atoms with Gasteiger partial charge < -0.3 is 14.8 Å². The van der Waals surface area contributed by atoms with Crippen LogP contribution in [0.25, 0.3) is 0 Å². The van der Waals surface area contributed by atoms with Crippen molar-refractivity contribution in [3.05, 3.63) is 28.8 Å². The van der Waals surface area contributed by atoms with Gasteiger partial charge >= 0.3 is 0 Å². The summed E-state index contributed by atoms with van der Waals surface area (Å²) in [4.78, 5) is 0. The molecule has 1 rings (SSSR count). The fourth-order valence-corrected chi connectivity index (χ4v) is 1.70. The molecule has 90 valence electrons. The topological polar surface area (TPSA) is 30.5 Å². The first-order chi connectivity index (χ1) is 7.67. The van der Waals surface area contributed by atoms with Gasteiger partial charge in [-0.3, -0.25) is 0 Å². The maximum atomic E-state index is 6.03. The predicted octanol–water partition coefficient (Wildman–Crippen LogP) is 2.47. The van der Waals surface area contributed by atoms with Crippen molar-refractivity contribution < 1.29 is 9.47 Å². The molecule has 0 fully saturated rings. The Morgan fingerprint density at radius 1 is 1.38 bits per heavy atom. The summed E-state index contributed by atoms with van der Waals surface area (Å²) in [5.41, 5.74) is 1.13. The van der Waals surface area contributed by atoms with Crippen LogP contribution in [0.15, 0.2) is 18.2 Å². The highest BCUT2D eigenvalue weighted by Gasteiger charge is 2.03. The summed E-state index contributed by atoms with van der Waals surface area (Å²) < 4.78 is 10.1. The van der Waals surface area contributed by atoms with Gasteiger partial charge in [0.25, 0.3) is 0 Å². The van der Waals surface area contributed by atoms with Crippen molar-refractivity contribution in [1.82, 2.24) is 5.32 Å². The highest BCUT2D eigenvalue weighted by atomic mass is 35.5. The Labute approximate surface area is 102 Å². The van der Waals surface area contributed by atoms with Gasteiger partial charge in [-0.05, 0) is 24.6 Å². The zero-order chi connectivity index (χ0) is 12.0. The van der Waals surface area contributed by atoms with Crippen molar-refractivity contribution in [3.8, 4) is 5.75 Å². The minimum absolute atomic E-state index is 0.325. The summed E-state index contributed by atoms with van der Waals surface area (Å²) in [7, 11) is 3.31. The zero-order valence-corrected chi connectivity index (χ0v) is 10.7. The monoisotopic (exact) mass is 243 g/mol. The predicted molar refractivity (Wildman–Crippen MR) is 66.2 cm³/mol. The van der Waals surface area contributed by atoms with Gasteiger partial charge in [0.15, 0.2) is 0 Å². The molecule has 0 amide bonds. The van der Waals surface area contributed by atoms with Crippen molar-refractivity contribution in [2.45, 2.75) is 19.5 Å². The molecule has 1 unspecified atom stereocenters. The lowest BCUT2D eigenvalue weighted by atomic mass is 10.2. The van der Waals surface area contributed by atoms with Gasteiger partial charge in [-0.2, -0.15) is 0 Å². The van der Waals surface area contributed by atoms with E-state index < -0.39 is 0 Å². The SMILES string of the molecule is COCC(C)NCc1ccc(OC)c(Cl)c1. The highest BCUT2D eigenvalue weighted by Crippen LogP contribution is 2.24. The second-order valence-electron chi connectivity index (χ2n) is 3.71. The zero-order valence-electron chi connectivity index (χ0n) is 9.92. The fourth-order valence-electron chi connectivity index (χ4n) is 1.42. The van der Waals surface area contributed by atoms with Crippen LogP contribution < -0.4 is 10.1 Å².